The molecule has 4 saturated carbocycles. The number of hydrogen-bond donors (Lipinski definition) is 1. The summed E-state index contributed by atoms with van der Waals surface area (Å²) in [7, 11) is 0. The summed E-state index contributed by atoms with van der Waals surface area (Å²) in [5.74, 6) is 3.14. The van der Waals surface area contributed by atoms with Crippen LogP contribution in [0.4, 0.5) is 0 Å². The van der Waals surface area contributed by atoms with Crippen molar-refractivity contribution in [2.45, 2.75) is 70.3 Å². The van der Waals surface area contributed by atoms with E-state index in [0.29, 0.717) is 5.75 Å². The van der Waals surface area contributed by atoms with Gasteiger partial charge < -0.3 is 5.11 Å². The lowest BCUT2D eigenvalue weighted by molar-refractivity contribution is 0.00194. The van der Waals surface area contributed by atoms with Crippen LogP contribution in [0, 0.1) is 17.8 Å². The molecule has 0 saturated heterocycles. The molecule has 1 aromatic carbocycles. The molecule has 1 aromatic rings. The number of benzene rings is 1. The van der Waals surface area contributed by atoms with Crippen molar-refractivity contribution >= 4 is 6.21 Å². The quantitative estimate of drug-likeness (QED) is 0.759. The van der Waals surface area contributed by atoms with Crippen molar-refractivity contribution in [1.82, 2.24) is 0 Å². The fraction of sp³-hybridized carbons (Fsp3) is 0.667. The second-order valence-electron chi connectivity index (χ2n) is 9.39. The van der Waals surface area contributed by atoms with Crippen LogP contribution < -0.4 is 0 Å². The smallest absolute Gasteiger partial charge is 0.128 e. The number of hydrogen-bond acceptors (Lipinski definition) is 2. The molecule has 124 valence electrons. The van der Waals surface area contributed by atoms with Crippen molar-refractivity contribution in [3.63, 3.8) is 0 Å². The van der Waals surface area contributed by atoms with Gasteiger partial charge in [0.1, 0.15) is 5.75 Å². The van der Waals surface area contributed by atoms with Gasteiger partial charge in [-0.15, -0.1) is 0 Å². The third-order valence-electron chi connectivity index (χ3n) is 6.36. The molecule has 4 aliphatic rings. The van der Waals surface area contributed by atoms with E-state index in [4.69, 9.17) is 4.99 Å². The predicted molar refractivity (Wildman–Crippen MR) is 95.3 cm³/mol. The molecule has 0 heterocycles. The average Bonchev–Trinajstić information content (AvgIpc) is 2.43. The highest BCUT2D eigenvalue weighted by atomic mass is 16.3. The molecule has 0 radical (unpaired) electrons. The van der Waals surface area contributed by atoms with Crippen LogP contribution in [0.3, 0.4) is 0 Å². The fourth-order valence-corrected chi connectivity index (χ4v) is 5.70. The lowest BCUT2D eigenvalue weighted by Crippen LogP contribution is -2.49. The van der Waals surface area contributed by atoms with Gasteiger partial charge in [0, 0.05) is 11.8 Å². The molecule has 2 heteroatoms. The highest BCUT2D eigenvalue weighted by molar-refractivity contribution is 5.84. The van der Waals surface area contributed by atoms with E-state index in [-0.39, 0.29) is 11.0 Å². The van der Waals surface area contributed by atoms with Crippen molar-refractivity contribution in [1.29, 1.82) is 0 Å². The molecule has 23 heavy (non-hydrogen) atoms. The number of para-hydroxylation sites is 1. The Morgan fingerprint density at radius 1 is 1.04 bits per heavy atom. The first-order valence-electron chi connectivity index (χ1n) is 9.22. The molecule has 0 spiro atoms. The molecule has 0 atom stereocenters. The molecule has 2 nitrogen and oxygen atoms in total. The minimum absolute atomic E-state index is 0.0470. The zero-order valence-corrected chi connectivity index (χ0v) is 14.7. The molecule has 0 amide bonds. The van der Waals surface area contributed by atoms with Gasteiger partial charge in [-0.05, 0) is 73.3 Å². The van der Waals surface area contributed by atoms with Crippen LogP contribution in [0.25, 0.3) is 0 Å². The largest absolute Gasteiger partial charge is 0.507 e. The molecular formula is C21H29NO. The third-order valence-corrected chi connectivity index (χ3v) is 6.36. The van der Waals surface area contributed by atoms with Crippen LogP contribution in [0.5, 0.6) is 5.75 Å². The SMILES string of the molecule is CC(C)(C)c1cccc(C=NC23CC4CC(CC(C4)C2)C3)c1O. The Bertz CT molecular complexity index is 602. The van der Waals surface area contributed by atoms with Gasteiger partial charge in [-0.3, -0.25) is 4.99 Å². The van der Waals surface area contributed by atoms with E-state index in [1.165, 1.54) is 38.5 Å². The Hall–Kier alpha value is -1.31. The van der Waals surface area contributed by atoms with Crippen molar-refractivity contribution < 1.29 is 5.11 Å². The van der Waals surface area contributed by atoms with E-state index >= 15 is 0 Å². The first kappa shape index (κ1) is 15.2. The van der Waals surface area contributed by atoms with E-state index in [1.54, 1.807) is 0 Å². The number of phenolic OH excluding ortho intramolecular Hbond substituents is 1. The molecule has 4 bridgehead atoms. The first-order valence-corrected chi connectivity index (χ1v) is 9.22. The van der Waals surface area contributed by atoms with Crippen molar-refractivity contribution in [2.75, 3.05) is 0 Å². The summed E-state index contributed by atoms with van der Waals surface area (Å²) in [5, 5.41) is 10.6. The minimum Gasteiger partial charge on any atom is -0.507 e. The number of aromatic hydroxyl groups is 1. The summed E-state index contributed by atoms with van der Waals surface area (Å²) < 4.78 is 0. The van der Waals surface area contributed by atoms with E-state index in [0.717, 1.165) is 28.9 Å². The third kappa shape index (κ3) is 2.70. The summed E-state index contributed by atoms with van der Waals surface area (Å²) in [6, 6.07) is 6.06. The molecule has 0 unspecified atom stereocenters. The van der Waals surface area contributed by atoms with Gasteiger partial charge in [0.25, 0.3) is 0 Å². The highest BCUT2D eigenvalue weighted by Gasteiger charge is 2.50. The van der Waals surface area contributed by atoms with Crippen LogP contribution in [0.2, 0.25) is 0 Å². The van der Waals surface area contributed by atoms with Crippen LogP contribution in [0.1, 0.15) is 70.4 Å². The number of nitrogens with zero attached hydrogens (tertiary/aromatic N) is 1. The lowest BCUT2D eigenvalue weighted by Gasteiger charge is -2.55. The highest BCUT2D eigenvalue weighted by Crippen LogP contribution is 2.57. The van der Waals surface area contributed by atoms with Gasteiger partial charge in [0.05, 0.1) is 5.54 Å². The second-order valence-corrected chi connectivity index (χ2v) is 9.39. The normalized spacial score (nSPS) is 36.0. The van der Waals surface area contributed by atoms with Crippen LogP contribution in [-0.4, -0.2) is 16.9 Å². The van der Waals surface area contributed by atoms with Gasteiger partial charge in [0.2, 0.25) is 0 Å². The Morgan fingerprint density at radius 2 is 1.61 bits per heavy atom. The van der Waals surface area contributed by atoms with Gasteiger partial charge in [0.15, 0.2) is 0 Å². The van der Waals surface area contributed by atoms with Crippen molar-refractivity contribution in [3.05, 3.63) is 29.3 Å². The van der Waals surface area contributed by atoms with Crippen LogP contribution in [-0.2, 0) is 5.41 Å². The van der Waals surface area contributed by atoms with E-state index in [2.05, 4.69) is 20.8 Å². The summed E-state index contributed by atoms with van der Waals surface area (Å²) in [6.07, 6.45) is 10.1. The number of rotatable bonds is 2. The molecular weight excluding hydrogens is 282 g/mol. The van der Waals surface area contributed by atoms with Crippen molar-refractivity contribution in [2.24, 2.45) is 22.7 Å². The van der Waals surface area contributed by atoms with E-state index < -0.39 is 0 Å². The first-order chi connectivity index (χ1) is 10.8. The average molecular weight is 311 g/mol. The summed E-state index contributed by atoms with van der Waals surface area (Å²) in [6.45, 7) is 6.42. The van der Waals surface area contributed by atoms with E-state index in [1.807, 2.05) is 24.4 Å². The maximum atomic E-state index is 10.6. The van der Waals surface area contributed by atoms with Crippen LogP contribution in [0.15, 0.2) is 23.2 Å². The maximum absolute atomic E-state index is 10.6. The van der Waals surface area contributed by atoms with Gasteiger partial charge in [-0.25, -0.2) is 0 Å². The zero-order valence-electron chi connectivity index (χ0n) is 14.7. The molecule has 5 rings (SSSR count). The van der Waals surface area contributed by atoms with Crippen molar-refractivity contribution in [3.8, 4) is 5.75 Å². The van der Waals surface area contributed by atoms with Gasteiger partial charge in [-0.1, -0.05) is 32.9 Å². The van der Waals surface area contributed by atoms with Gasteiger partial charge >= 0.3 is 0 Å². The topological polar surface area (TPSA) is 32.6 Å². The molecule has 1 N–H and O–H groups in total. The van der Waals surface area contributed by atoms with E-state index in [9.17, 15) is 5.11 Å². The second kappa shape index (κ2) is 5.09. The number of phenols is 1. The minimum atomic E-state index is -0.0470. The Balaban J connectivity index is 1.62. The monoisotopic (exact) mass is 311 g/mol. The van der Waals surface area contributed by atoms with Crippen LogP contribution >= 0.6 is 0 Å². The number of aliphatic imine (C=N–C) groups is 1. The predicted octanol–water partition coefficient (Wildman–Crippen LogP) is 5.08. The Labute approximate surface area is 140 Å². The maximum Gasteiger partial charge on any atom is 0.128 e. The molecule has 0 aliphatic heterocycles. The Morgan fingerprint density at radius 3 is 2.13 bits per heavy atom. The fourth-order valence-electron chi connectivity index (χ4n) is 5.70. The summed E-state index contributed by atoms with van der Waals surface area (Å²) >= 11 is 0. The molecule has 4 aliphatic carbocycles. The van der Waals surface area contributed by atoms with Gasteiger partial charge in [-0.2, -0.15) is 0 Å². The molecule has 0 aromatic heterocycles. The summed E-state index contributed by atoms with van der Waals surface area (Å²) in [5.41, 5.74) is 2.02. The molecule has 4 fully saturated rings. The zero-order chi connectivity index (χ0) is 16.2. The standard InChI is InChI=1S/C21H29NO/c1-20(2,3)18-6-4-5-17(19(18)23)13-22-21-10-14-7-15(11-21)9-16(8-14)12-21/h4-6,13-16,23H,7-12H2,1-3H3. The summed E-state index contributed by atoms with van der Waals surface area (Å²) in [4.78, 5) is 5.08. The lowest BCUT2D eigenvalue weighted by atomic mass is 9.53. The Kier molecular flexibility index (Phi) is 3.37.